The number of nitrogens with zero attached hydrogens (tertiary/aromatic N) is 2. The number of hydrogen-bond donors (Lipinski definition) is 0. The van der Waals surface area contributed by atoms with Crippen molar-refractivity contribution in [1.29, 1.82) is 0 Å². The molecule has 0 amide bonds. The van der Waals surface area contributed by atoms with Crippen LogP contribution in [0.4, 0.5) is 8.78 Å². The van der Waals surface area contributed by atoms with Crippen LogP contribution < -0.4 is 0 Å². The Kier molecular flexibility index (Phi) is 2.75. The van der Waals surface area contributed by atoms with Crippen molar-refractivity contribution in [2.24, 2.45) is 0 Å². The van der Waals surface area contributed by atoms with Gasteiger partial charge in [-0.25, -0.2) is 13.8 Å². The Morgan fingerprint density at radius 2 is 2.15 bits per heavy atom. The lowest BCUT2D eigenvalue weighted by molar-refractivity contribution is 0.0661. The lowest BCUT2D eigenvalue weighted by Crippen LogP contribution is -2.18. The van der Waals surface area contributed by atoms with E-state index in [0.29, 0.717) is 0 Å². The summed E-state index contributed by atoms with van der Waals surface area (Å²) in [7, 11) is 0. The van der Waals surface area contributed by atoms with Gasteiger partial charge in [0.1, 0.15) is 0 Å². The molecule has 5 heteroatoms. The molecular weight excluding hydrogens is 178 g/mol. The zero-order valence-corrected chi connectivity index (χ0v) is 7.37. The second-order valence-corrected chi connectivity index (χ2v) is 2.92. The molecular formula is C8H10F2N2O. The van der Waals surface area contributed by atoms with Gasteiger partial charge >= 0.3 is 6.43 Å². The third-order valence-electron chi connectivity index (χ3n) is 1.64. The SMILES string of the molecule is CC(C)n1ccnc1C(=O)C(F)F. The molecule has 0 aliphatic heterocycles. The Morgan fingerprint density at radius 3 is 2.62 bits per heavy atom. The summed E-state index contributed by atoms with van der Waals surface area (Å²) in [6.45, 7) is 3.59. The van der Waals surface area contributed by atoms with Gasteiger partial charge in [-0.1, -0.05) is 0 Å². The van der Waals surface area contributed by atoms with Gasteiger partial charge in [-0.3, -0.25) is 4.79 Å². The highest BCUT2D eigenvalue weighted by Crippen LogP contribution is 2.11. The summed E-state index contributed by atoms with van der Waals surface area (Å²) in [6.07, 6.45) is -0.129. The molecule has 1 heterocycles. The summed E-state index contributed by atoms with van der Waals surface area (Å²) in [5, 5.41) is 0. The second-order valence-electron chi connectivity index (χ2n) is 2.92. The van der Waals surface area contributed by atoms with Crippen LogP contribution in [-0.4, -0.2) is 21.8 Å². The Labute approximate surface area is 74.4 Å². The Hall–Kier alpha value is -1.26. The third-order valence-corrected chi connectivity index (χ3v) is 1.64. The molecule has 0 bridgehead atoms. The third kappa shape index (κ3) is 1.91. The molecule has 13 heavy (non-hydrogen) atoms. The van der Waals surface area contributed by atoms with Crippen LogP contribution in [0.3, 0.4) is 0 Å². The summed E-state index contributed by atoms with van der Waals surface area (Å²) in [4.78, 5) is 14.5. The van der Waals surface area contributed by atoms with E-state index in [0.717, 1.165) is 0 Å². The normalized spacial score (nSPS) is 11.2. The molecule has 1 aromatic heterocycles. The fourth-order valence-corrected chi connectivity index (χ4v) is 1.02. The quantitative estimate of drug-likeness (QED) is 0.679. The average molecular weight is 188 g/mol. The number of carbonyl (C=O) groups excluding carboxylic acids is 1. The molecule has 0 radical (unpaired) electrons. The molecule has 0 aliphatic rings. The minimum atomic E-state index is -2.99. The number of carbonyl (C=O) groups is 1. The molecule has 0 N–H and O–H groups in total. The zero-order chi connectivity index (χ0) is 10.0. The van der Waals surface area contributed by atoms with Crippen LogP contribution in [-0.2, 0) is 0 Å². The summed E-state index contributed by atoms with van der Waals surface area (Å²) in [6, 6.07) is -0.0415. The fourth-order valence-electron chi connectivity index (χ4n) is 1.02. The summed E-state index contributed by atoms with van der Waals surface area (Å²) >= 11 is 0. The highest BCUT2D eigenvalue weighted by Gasteiger charge is 2.23. The molecule has 0 aliphatic carbocycles. The van der Waals surface area contributed by atoms with E-state index < -0.39 is 12.2 Å². The summed E-state index contributed by atoms with van der Waals surface area (Å²) in [5.41, 5.74) is 0. The van der Waals surface area contributed by atoms with Crippen LogP contribution in [0.15, 0.2) is 12.4 Å². The van der Waals surface area contributed by atoms with Gasteiger partial charge in [-0.05, 0) is 13.8 Å². The van der Waals surface area contributed by atoms with E-state index in [9.17, 15) is 13.6 Å². The average Bonchev–Trinajstić information content (AvgIpc) is 2.50. The number of rotatable bonds is 3. The lowest BCUT2D eigenvalue weighted by atomic mass is 10.3. The van der Waals surface area contributed by atoms with E-state index in [1.807, 2.05) is 0 Å². The summed E-state index contributed by atoms with van der Waals surface area (Å²) in [5.74, 6) is -1.40. The predicted octanol–water partition coefficient (Wildman–Crippen LogP) is 1.91. The van der Waals surface area contributed by atoms with Crippen LogP contribution in [0.1, 0.15) is 30.5 Å². The lowest BCUT2D eigenvalue weighted by Gasteiger charge is -2.09. The smallest absolute Gasteiger partial charge is 0.303 e. The largest absolute Gasteiger partial charge is 0.326 e. The first-order valence-electron chi connectivity index (χ1n) is 3.89. The van der Waals surface area contributed by atoms with Crippen LogP contribution in [0.2, 0.25) is 0 Å². The van der Waals surface area contributed by atoms with E-state index >= 15 is 0 Å². The van der Waals surface area contributed by atoms with Crippen LogP contribution in [0.5, 0.6) is 0 Å². The molecule has 0 unspecified atom stereocenters. The Bertz CT molecular complexity index is 307. The van der Waals surface area contributed by atoms with E-state index in [1.165, 1.54) is 17.0 Å². The maximum absolute atomic E-state index is 12.0. The molecule has 0 spiro atoms. The number of Topliss-reactive ketones (excluding diaryl/α,β-unsaturated/α-hetero) is 1. The van der Waals surface area contributed by atoms with Crippen molar-refractivity contribution in [3.05, 3.63) is 18.2 Å². The first-order valence-corrected chi connectivity index (χ1v) is 3.89. The predicted molar refractivity (Wildman–Crippen MR) is 42.9 cm³/mol. The monoisotopic (exact) mass is 188 g/mol. The van der Waals surface area contributed by atoms with Crippen molar-refractivity contribution >= 4 is 5.78 Å². The molecule has 1 aromatic rings. The molecule has 72 valence electrons. The van der Waals surface area contributed by atoms with Gasteiger partial charge in [-0.15, -0.1) is 0 Å². The molecule has 0 saturated carbocycles. The van der Waals surface area contributed by atoms with Crippen LogP contribution in [0.25, 0.3) is 0 Å². The minimum absolute atomic E-state index is 0.0415. The van der Waals surface area contributed by atoms with Gasteiger partial charge in [0, 0.05) is 18.4 Å². The van der Waals surface area contributed by atoms with Crippen molar-refractivity contribution in [1.82, 2.24) is 9.55 Å². The van der Waals surface area contributed by atoms with Gasteiger partial charge in [0.05, 0.1) is 0 Å². The Balaban J connectivity index is 3.01. The molecule has 3 nitrogen and oxygen atoms in total. The van der Waals surface area contributed by atoms with E-state index in [2.05, 4.69) is 4.98 Å². The first kappa shape index (κ1) is 9.83. The Morgan fingerprint density at radius 1 is 1.54 bits per heavy atom. The van der Waals surface area contributed by atoms with Crippen LogP contribution in [0, 0.1) is 0 Å². The molecule has 0 aromatic carbocycles. The standard InChI is InChI=1S/C8H10F2N2O/c1-5(2)12-4-3-11-8(12)6(13)7(9)10/h3-5,7H,1-2H3. The van der Waals surface area contributed by atoms with Gasteiger partial charge in [-0.2, -0.15) is 0 Å². The highest BCUT2D eigenvalue weighted by molar-refractivity contribution is 5.95. The molecule has 1 rings (SSSR count). The second kappa shape index (κ2) is 3.64. The van der Waals surface area contributed by atoms with Gasteiger partial charge < -0.3 is 4.57 Å². The fraction of sp³-hybridized carbons (Fsp3) is 0.500. The van der Waals surface area contributed by atoms with Crippen molar-refractivity contribution in [3.63, 3.8) is 0 Å². The minimum Gasteiger partial charge on any atom is -0.326 e. The zero-order valence-electron chi connectivity index (χ0n) is 7.37. The van der Waals surface area contributed by atoms with E-state index in [-0.39, 0.29) is 11.9 Å². The number of hydrogen-bond acceptors (Lipinski definition) is 2. The maximum Gasteiger partial charge on any atom is 0.303 e. The van der Waals surface area contributed by atoms with Crippen molar-refractivity contribution in [3.8, 4) is 0 Å². The number of alkyl halides is 2. The number of imidazole rings is 1. The van der Waals surface area contributed by atoms with Crippen LogP contribution >= 0.6 is 0 Å². The first-order chi connectivity index (χ1) is 6.04. The van der Waals surface area contributed by atoms with Gasteiger partial charge in [0.2, 0.25) is 0 Å². The number of halogens is 2. The topological polar surface area (TPSA) is 34.9 Å². The van der Waals surface area contributed by atoms with Crippen molar-refractivity contribution < 1.29 is 13.6 Å². The molecule has 0 saturated heterocycles. The van der Waals surface area contributed by atoms with E-state index in [1.54, 1.807) is 13.8 Å². The number of aromatic nitrogens is 2. The summed E-state index contributed by atoms with van der Waals surface area (Å²) < 4.78 is 25.5. The van der Waals surface area contributed by atoms with E-state index in [4.69, 9.17) is 0 Å². The van der Waals surface area contributed by atoms with Crippen molar-refractivity contribution in [2.45, 2.75) is 26.3 Å². The molecule has 0 atom stereocenters. The number of ketones is 1. The maximum atomic E-state index is 12.0. The highest BCUT2D eigenvalue weighted by atomic mass is 19.3. The van der Waals surface area contributed by atoms with Gasteiger partial charge in [0.15, 0.2) is 5.82 Å². The van der Waals surface area contributed by atoms with Gasteiger partial charge in [0.25, 0.3) is 5.78 Å². The molecule has 0 fully saturated rings. The van der Waals surface area contributed by atoms with Crippen molar-refractivity contribution in [2.75, 3.05) is 0 Å².